The molecule has 72 valence electrons. The maximum absolute atomic E-state index is 10.6. The highest BCUT2D eigenvalue weighted by atomic mass is 32.1. The molecule has 0 fully saturated rings. The van der Waals surface area contributed by atoms with Crippen molar-refractivity contribution in [2.45, 2.75) is 18.1 Å². The van der Waals surface area contributed by atoms with Crippen LogP contribution in [0.25, 0.3) is 0 Å². The molecule has 1 heterocycles. The van der Waals surface area contributed by atoms with Crippen LogP contribution in [0, 0.1) is 0 Å². The molecular weight excluding hydrogens is 208 g/mol. The molecule has 0 radical (unpaired) electrons. The van der Waals surface area contributed by atoms with Crippen LogP contribution in [0.5, 0.6) is 0 Å². The second-order valence-corrected chi connectivity index (χ2v) is 4.32. The second kappa shape index (κ2) is 3.97. The number of carbonyl (C=O) groups is 1. The molecule has 2 unspecified atom stereocenters. The molecule has 4 nitrogen and oxygen atoms in total. The van der Waals surface area contributed by atoms with E-state index in [1.165, 1.54) is 11.3 Å². The molecule has 1 aromatic rings. The van der Waals surface area contributed by atoms with Crippen molar-refractivity contribution >= 4 is 35.1 Å². The highest BCUT2D eigenvalue weighted by Gasteiger charge is 2.23. The number of thiol groups is 1. The molecule has 0 bridgehead atoms. The van der Waals surface area contributed by atoms with Crippen LogP contribution >= 0.6 is 24.0 Å². The van der Waals surface area contributed by atoms with Gasteiger partial charge in [0.2, 0.25) is 0 Å². The lowest BCUT2D eigenvalue weighted by atomic mass is 10.1. The molecule has 3 N–H and O–H groups in total. The van der Waals surface area contributed by atoms with Gasteiger partial charge in [-0.05, 0) is 0 Å². The third kappa shape index (κ3) is 2.35. The maximum Gasteiger partial charge on any atom is 0.317 e. The van der Waals surface area contributed by atoms with Gasteiger partial charge in [0.25, 0.3) is 0 Å². The summed E-state index contributed by atoms with van der Waals surface area (Å²) in [4.78, 5) is 15.3. The van der Waals surface area contributed by atoms with E-state index in [1.54, 1.807) is 13.1 Å². The van der Waals surface area contributed by atoms with E-state index in [2.05, 4.69) is 17.6 Å². The van der Waals surface area contributed by atoms with Gasteiger partial charge in [-0.1, -0.05) is 6.92 Å². The number of nitrogen functional groups attached to an aromatic ring is 1. The number of rotatable bonds is 3. The molecular formula is C7H10N2O2S2. The van der Waals surface area contributed by atoms with Gasteiger partial charge in [0.15, 0.2) is 5.13 Å². The zero-order chi connectivity index (χ0) is 10.0. The number of thiazole rings is 1. The normalized spacial score (nSPS) is 15.2. The molecule has 13 heavy (non-hydrogen) atoms. The number of hydrogen-bond acceptors (Lipinski definition) is 5. The third-order valence-electron chi connectivity index (χ3n) is 1.72. The van der Waals surface area contributed by atoms with Crippen LogP contribution in [0.4, 0.5) is 5.13 Å². The van der Waals surface area contributed by atoms with E-state index in [0.29, 0.717) is 5.13 Å². The molecule has 0 saturated heterocycles. The lowest BCUT2D eigenvalue weighted by Gasteiger charge is -2.11. The summed E-state index contributed by atoms with van der Waals surface area (Å²) in [6, 6.07) is 0. The molecule has 6 heteroatoms. The van der Waals surface area contributed by atoms with Crippen LogP contribution in [0.1, 0.15) is 17.7 Å². The third-order valence-corrected chi connectivity index (χ3v) is 3.41. The Morgan fingerprint density at radius 3 is 2.85 bits per heavy atom. The SMILES string of the molecule is CC(c1cnc(N)s1)C(S)C(=O)O. The van der Waals surface area contributed by atoms with Crippen LogP contribution < -0.4 is 5.73 Å². The van der Waals surface area contributed by atoms with Gasteiger partial charge in [-0.25, -0.2) is 4.98 Å². The number of aromatic nitrogens is 1. The Labute approximate surface area is 85.2 Å². The quantitative estimate of drug-likeness (QED) is 0.667. The van der Waals surface area contributed by atoms with E-state index in [-0.39, 0.29) is 5.92 Å². The zero-order valence-corrected chi connectivity index (χ0v) is 8.68. The number of nitrogens with two attached hydrogens (primary N) is 1. The monoisotopic (exact) mass is 218 g/mol. The summed E-state index contributed by atoms with van der Waals surface area (Å²) >= 11 is 5.28. The lowest BCUT2D eigenvalue weighted by molar-refractivity contribution is -0.136. The van der Waals surface area contributed by atoms with Gasteiger partial charge in [0, 0.05) is 17.0 Å². The fourth-order valence-corrected chi connectivity index (χ4v) is 1.92. The van der Waals surface area contributed by atoms with E-state index >= 15 is 0 Å². The molecule has 0 aliphatic carbocycles. The molecule has 0 amide bonds. The van der Waals surface area contributed by atoms with Gasteiger partial charge < -0.3 is 10.8 Å². The van der Waals surface area contributed by atoms with E-state index in [1.807, 2.05) is 0 Å². The van der Waals surface area contributed by atoms with Crippen molar-refractivity contribution in [1.82, 2.24) is 4.98 Å². The van der Waals surface area contributed by atoms with Crippen molar-refractivity contribution in [2.24, 2.45) is 0 Å². The van der Waals surface area contributed by atoms with Crippen molar-refractivity contribution < 1.29 is 9.90 Å². The minimum absolute atomic E-state index is 0.171. The van der Waals surface area contributed by atoms with Crippen LogP contribution in [0.3, 0.4) is 0 Å². The van der Waals surface area contributed by atoms with Crippen molar-refractivity contribution in [2.75, 3.05) is 5.73 Å². The number of aliphatic carboxylic acids is 1. The van der Waals surface area contributed by atoms with Gasteiger partial charge in [-0.2, -0.15) is 12.6 Å². The summed E-state index contributed by atoms with van der Waals surface area (Å²) in [6.07, 6.45) is 1.59. The topological polar surface area (TPSA) is 76.2 Å². The average Bonchev–Trinajstić information content (AvgIpc) is 2.49. The molecule has 1 rings (SSSR count). The largest absolute Gasteiger partial charge is 0.480 e. The Morgan fingerprint density at radius 2 is 2.46 bits per heavy atom. The van der Waals surface area contributed by atoms with Crippen molar-refractivity contribution in [1.29, 1.82) is 0 Å². The second-order valence-electron chi connectivity index (χ2n) is 2.67. The van der Waals surface area contributed by atoms with Crippen LogP contribution in [-0.4, -0.2) is 21.3 Å². The first kappa shape index (κ1) is 10.3. The average molecular weight is 218 g/mol. The fraction of sp³-hybridized carbons (Fsp3) is 0.429. The summed E-state index contributed by atoms with van der Waals surface area (Å²) in [6.45, 7) is 1.79. The van der Waals surface area contributed by atoms with E-state index in [0.717, 1.165) is 4.88 Å². The zero-order valence-electron chi connectivity index (χ0n) is 6.97. The number of hydrogen-bond donors (Lipinski definition) is 3. The minimum atomic E-state index is -0.928. The summed E-state index contributed by atoms with van der Waals surface area (Å²) in [5.41, 5.74) is 5.43. The smallest absolute Gasteiger partial charge is 0.317 e. The molecule has 0 aliphatic heterocycles. The molecule has 1 aromatic heterocycles. The van der Waals surface area contributed by atoms with E-state index < -0.39 is 11.2 Å². The molecule has 0 aromatic carbocycles. The highest BCUT2D eigenvalue weighted by Crippen LogP contribution is 2.28. The predicted molar refractivity (Wildman–Crippen MR) is 55.4 cm³/mol. The van der Waals surface area contributed by atoms with Crippen LogP contribution in [0.15, 0.2) is 6.20 Å². The summed E-state index contributed by atoms with van der Waals surface area (Å²) < 4.78 is 0. The molecule has 2 atom stereocenters. The lowest BCUT2D eigenvalue weighted by Crippen LogP contribution is -2.19. The van der Waals surface area contributed by atoms with Gasteiger partial charge in [0.05, 0.1) is 0 Å². The van der Waals surface area contributed by atoms with Gasteiger partial charge in [-0.15, -0.1) is 11.3 Å². The fourth-order valence-electron chi connectivity index (χ4n) is 0.881. The first-order valence-corrected chi connectivity index (χ1v) is 4.97. The maximum atomic E-state index is 10.6. The number of anilines is 1. The number of carboxylic acid groups (broad SMARTS) is 1. The van der Waals surface area contributed by atoms with Crippen LogP contribution in [0.2, 0.25) is 0 Å². The van der Waals surface area contributed by atoms with Crippen molar-refractivity contribution in [3.63, 3.8) is 0 Å². The van der Waals surface area contributed by atoms with E-state index in [4.69, 9.17) is 10.8 Å². The van der Waals surface area contributed by atoms with Crippen molar-refractivity contribution in [3.8, 4) is 0 Å². The molecule has 0 aliphatic rings. The summed E-state index contributed by atoms with van der Waals surface area (Å²) in [7, 11) is 0. The Bertz CT molecular complexity index is 313. The summed E-state index contributed by atoms with van der Waals surface area (Å²) in [5.74, 6) is -1.10. The Morgan fingerprint density at radius 1 is 1.85 bits per heavy atom. The Hall–Kier alpha value is -0.750. The van der Waals surface area contributed by atoms with Gasteiger partial charge in [-0.3, -0.25) is 4.79 Å². The van der Waals surface area contributed by atoms with E-state index in [9.17, 15) is 4.79 Å². The minimum Gasteiger partial charge on any atom is -0.480 e. The molecule has 0 spiro atoms. The Kier molecular flexibility index (Phi) is 3.16. The predicted octanol–water partition coefficient (Wildman–Crippen LogP) is 1.21. The first-order valence-electron chi connectivity index (χ1n) is 3.64. The standard InChI is InChI=1S/C7H10N2O2S2/c1-3(5(12)6(10)11)4-2-9-7(8)13-4/h2-3,5,12H,1H3,(H2,8,9)(H,10,11). The molecule has 0 saturated carbocycles. The number of nitrogens with zero attached hydrogens (tertiary/aromatic N) is 1. The van der Waals surface area contributed by atoms with Crippen molar-refractivity contribution in [3.05, 3.63) is 11.1 Å². The first-order chi connectivity index (χ1) is 6.02. The highest BCUT2D eigenvalue weighted by molar-refractivity contribution is 7.81. The van der Waals surface area contributed by atoms with Gasteiger partial charge >= 0.3 is 5.97 Å². The van der Waals surface area contributed by atoms with Crippen LogP contribution in [-0.2, 0) is 4.79 Å². The van der Waals surface area contributed by atoms with Gasteiger partial charge in [0.1, 0.15) is 5.25 Å². The number of carboxylic acids is 1. The Balaban J connectivity index is 2.78. The summed E-state index contributed by atoms with van der Waals surface area (Å²) in [5, 5.41) is 8.44.